The average Bonchev–Trinajstić information content (AvgIpc) is 2.40. The number of amides is 4. The van der Waals surface area contributed by atoms with Crippen LogP contribution in [-0.2, 0) is 19.2 Å². The Labute approximate surface area is 117 Å². The van der Waals surface area contributed by atoms with Crippen molar-refractivity contribution in [2.45, 2.75) is 32.6 Å². The maximum absolute atomic E-state index is 11.3. The molecule has 0 spiro atoms. The fourth-order valence-electron chi connectivity index (χ4n) is 1.29. The third-order valence-corrected chi connectivity index (χ3v) is 2.36. The van der Waals surface area contributed by atoms with Gasteiger partial charge in [0.1, 0.15) is 0 Å². The molecule has 0 aromatic carbocycles. The van der Waals surface area contributed by atoms with Gasteiger partial charge in [0.25, 0.3) is 0 Å². The monoisotopic (exact) mass is 286 g/mol. The van der Waals surface area contributed by atoms with E-state index in [9.17, 15) is 19.2 Å². The molecule has 0 atom stereocenters. The highest BCUT2D eigenvalue weighted by Crippen LogP contribution is 1.97. The highest BCUT2D eigenvalue weighted by Gasteiger charge is 2.07. The van der Waals surface area contributed by atoms with Crippen LogP contribution < -0.4 is 21.7 Å². The summed E-state index contributed by atoms with van der Waals surface area (Å²) < 4.78 is 0. The smallest absolute Gasteiger partial charge is 0.239 e. The number of primary amides is 1. The summed E-state index contributed by atoms with van der Waals surface area (Å²) in [5.41, 5.74) is 4.84. The minimum Gasteiger partial charge on any atom is -0.368 e. The average molecular weight is 286 g/mol. The van der Waals surface area contributed by atoms with Crippen molar-refractivity contribution in [1.29, 1.82) is 0 Å². The molecule has 8 heteroatoms. The molecule has 5 N–H and O–H groups in total. The van der Waals surface area contributed by atoms with E-state index in [1.54, 1.807) is 0 Å². The van der Waals surface area contributed by atoms with Crippen LogP contribution in [0.25, 0.3) is 0 Å². The zero-order valence-electron chi connectivity index (χ0n) is 11.7. The molecule has 0 rings (SSSR count). The van der Waals surface area contributed by atoms with Gasteiger partial charge in [0.15, 0.2) is 0 Å². The Balaban J connectivity index is 3.65. The summed E-state index contributed by atoms with van der Waals surface area (Å²) in [7, 11) is 0. The van der Waals surface area contributed by atoms with Crippen LogP contribution in [0.2, 0.25) is 0 Å². The summed E-state index contributed by atoms with van der Waals surface area (Å²) >= 11 is 0. The first kappa shape index (κ1) is 17.9. The van der Waals surface area contributed by atoms with Gasteiger partial charge in [-0.25, -0.2) is 0 Å². The Morgan fingerprint density at radius 3 is 1.80 bits per heavy atom. The van der Waals surface area contributed by atoms with E-state index in [0.29, 0.717) is 6.42 Å². The molecule has 0 saturated carbocycles. The fraction of sp³-hybridized carbons (Fsp3) is 0.667. The minimum absolute atomic E-state index is 0.173. The molecule has 0 aromatic rings. The summed E-state index contributed by atoms with van der Waals surface area (Å²) in [6.45, 7) is 1.32. The molecular formula is C12H22N4O4. The van der Waals surface area contributed by atoms with Gasteiger partial charge in [-0.05, 0) is 6.42 Å². The van der Waals surface area contributed by atoms with Gasteiger partial charge in [0.2, 0.25) is 23.6 Å². The van der Waals surface area contributed by atoms with E-state index in [1.807, 2.05) is 6.92 Å². The van der Waals surface area contributed by atoms with E-state index < -0.39 is 17.7 Å². The third-order valence-electron chi connectivity index (χ3n) is 2.36. The highest BCUT2D eigenvalue weighted by molar-refractivity contribution is 5.89. The molecule has 0 aromatic heterocycles. The standard InChI is InChI=1S/C12H22N4O4/c1-2-3-4-5-10(18)15-7-12(20)16-8-11(19)14-6-9(13)17/h2-8H2,1H3,(H2,13,17)(H,14,19)(H,15,18)(H,16,20). The molecule has 0 aliphatic rings. The summed E-state index contributed by atoms with van der Waals surface area (Å²) in [6, 6.07) is 0. The van der Waals surface area contributed by atoms with Crippen LogP contribution in [0.15, 0.2) is 0 Å². The molecule has 0 unspecified atom stereocenters. The largest absolute Gasteiger partial charge is 0.368 e. The van der Waals surface area contributed by atoms with Gasteiger partial charge >= 0.3 is 0 Å². The topological polar surface area (TPSA) is 130 Å². The molecule has 0 aliphatic heterocycles. The molecule has 4 amide bonds. The van der Waals surface area contributed by atoms with E-state index in [1.165, 1.54) is 0 Å². The van der Waals surface area contributed by atoms with Gasteiger partial charge in [-0.2, -0.15) is 0 Å². The fourth-order valence-corrected chi connectivity index (χ4v) is 1.29. The zero-order chi connectivity index (χ0) is 15.4. The molecule has 20 heavy (non-hydrogen) atoms. The summed E-state index contributed by atoms with van der Waals surface area (Å²) in [6.07, 6.45) is 3.17. The van der Waals surface area contributed by atoms with Crippen molar-refractivity contribution in [2.24, 2.45) is 5.73 Å². The van der Waals surface area contributed by atoms with Crippen LogP contribution in [0.4, 0.5) is 0 Å². The van der Waals surface area contributed by atoms with Gasteiger partial charge in [-0.1, -0.05) is 19.8 Å². The van der Waals surface area contributed by atoms with Crippen LogP contribution in [-0.4, -0.2) is 43.3 Å². The number of hydrogen-bond donors (Lipinski definition) is 4. The molecule has 114 valence electrons. The van der Waals surface area contributed by atoms with Gasteiger partial charge in [-0.3, -0.25) is 19.2 Å². The molecule has 0 aliphatic carbocycles. The van der Waals surface area contributed by atoms with Crippen LogP contribution in [0, 0.1) is 0 Å². The van der Waals surface area contributed by atoms with Crippen molar-refractivity contribution < 1.29 is 19.2 Å². The number of unbranched alkanes of at least 4 members (excludes halogenated alkanes) is 2. The zero-order valence-corrected chi connectivity index (χ0v) is 11.7. The highest BCUT2D eigenvalue weighted by atomic mass is 16.2. The quantitative estimate of drug-likeness (QED) is 0.360. The first-order valence-corrected chi connectivity index (χ1v) is 6.54. The van der Waals surface area contributed by atoms with Crippen LogP contribution in [0.3, 0.4) is 0 Å². The molecule has 8 nitrogen and oxygen atoms in total. The number of nitrogens with one attached hydrogen (secondary N) is 3. The van der Waals surface area contributed by atoms with E-state index >= 15 is 0 Å². The predicted molar refractivity (Wildman–Crippen MR) is 72.4 cm³/mol. The first-order valence-electron chi connectivity index (χ1n) is 6.54. The van der Waals surface area contributed by atoms with Gasteiger partial charge in [0, 0.05) is 6.42 Å². The van der Waals surface area contributed by atoms with Gasteiger partial charge in [0.05, 0.1) is 19.6 Å². The van der Waals surface area contributed by atoms with E-state index in [4.69, 9.17) is 5.73 Å². The van der Waals surface area contributed by atoms with E-state index in [2.05, 4.69) is 16.0 Å². The van der Waals surface area contributed by atoms with Crippen molar-refractivity contribution in [1.82, 2.24) is 16.0 Å². The van der Waals surface area contributed by atoms with Crippen molar-refractivity contribution in [3.8, 4) is 0 Å². The molecule has 0 fully saturated rings. The second-order valence-electron chi connectivity index (χ2n) is 4.25. The second kappa shape index (κ2) is 10.8. The Bertz CT molecular complexity index is 357. The minimum atomic E-state index is -0.663. The normalized spacial score (nSPS) is 9.65. The van der Waals surface area contributed by atoms with E-state index in [-0.39, 0.29) is 25.5 Å². The first-order chi connectivity index (χ1) is 9.45. The Morgan fingerprint density at radius 1 is 0.800 bits per heavy atom. The molecular weight excluding hydrogens is 264 g/mol. The third kappa shape index (κ3) is 11.0. The lowest BCUT2D eigenvalue weighted by Crippen LogP contribution is -2.43. The van der Waals surface area contributed by atoms with Crippen molar-refractivity contribution in [3.05, 3.63) is 0 Å². The van der Waals surface area contributed by atoms with Crippen LogP contribution >= 0.6 is 0 Å². The molecule has 0 radical (unpaired) electrons. The summed E-state index contributed by atoms with van der Waals surface area (Å²) in [4.78, 5) is 44.2. The second-order valence-corrected chi connectivity index (χ2v) is 4.25. The van der Waals surface area contributed by atoms with E-state index in [0.717, 1.165) is 19.3 Å². The number of rotatable bonds is 10. The van der Waals surface area contributed by atoms with Crippen LogP contribution in [0.5, 0.6) is 0 Å². The maximum atomic E-state index is 11.3. The summed E-state index contributed by atoms with van der Waals surface area (Å²) in [5.74, 6) is -1.84. The lowest BCUT2D eigenvalue weighted by atomic mass is 10.2. The maximum Gasteiger partial charge on any atom is 0.239 e. The predicted octanol–water partition coefficient (Wildman–Crippen LogP) is -1.60. The number of carbonyl (C=O) groups is 4. The SMILES string of the molecule is CCCCCC(=O)NCC(=O)NCC(=O)NCC(N)=O. The van der Waals surface area contributed by atoms with Crippen molar-refractivity contribution in [2.75, 3.05) is 19.6 Å². The van der Waals surface area contributed by atoms with Crippen LogP contribution in [0.1, 0.15) is 32.6 Å². The molecule has 0 saturated heterocycles. The lowest BCUT2D eigenvalue weighted by molar-refractivity contribution is -0.128. The lowest BCUT2D eigenvalue weighted by Gasteiger charge is -2.07. The van der Waals surface area contributed by atoms with Gasteiger partial charge < -0.3 is 21.7 Å². The van der Waals surface area contributed by atoms with Crippen molar-refractivity contribution >= 4 is 23.6 Å². The Kier molecular flexibility index (Phi) is 9.63. The van der Waals surface area contributed by atoms with Gasteiger partial charge in [-0.15, -0.1) is 0 Å². The Hall–Kier alpha value is -2.12. The Morgan fingerprint density at radius 2 is 1.30 bits per heavy atom. The number of hydrogen-bond acceptors (Lipinski definition) is 4. The molecule has 0 heterocycles. The number of nitrogens with two attached hydrogens (primary N) is 1. The summed E-state index contributed by atoms with van der Waals surface area (Å²) in [5, 5.41) is 6.99. The molecule has 0 bridgehead atoms. The van der Waals surface area contributed by atoms with Crippen molar-refractivity contribution in [3.63, 3.8) is 0 Å². The number of carbonyl (C=O) groups excluding carboxylic acids is 4.